The number of rotatable bonds is 6. The predicted octanol–water partition coefficient (Wildman–Crippen LogP) is 3.48. The van der Waals surface area contributed by atoms with Crippen molar-refractivity contribution in [2.24, 2.45) is 0 Å². The van der Waals surface area contributed by atoms with Gasteiger partial charge in [-0.1, -0.05) is 34.5 Å². The lowest BCUT2D eigenvalue weighted by molar-refractivity contribution is 0.309. The van der Waals surface area contributed by atoms with Crippen LogP contribution in [0.15, 0.2) is 22.7 Å². The van der Waals surface area contributed by atoms with Crippen LogP contribution in [0, 0.1) is 0 Å². The molecule has 0 radical (unpaired) electrons. The van der Waals surface area contributed by atoms with Gasteiger partial charge in [0.15, 0.2) is 0 Å². The monoisotopic (exact) mass is 291 g/mol. The first kappa shape index (κ1) is 12.8. The van der Waals surface area contributed by atoms with Crippen molar-refractivity contribution in [1.82, 2.24) is 5.32 Å². The molecule has 2 nitrogen and oxygen atoms in total. The number of halogens is 2. The van der Waals surface area contributed by atoms with Crippen molar-refractivity contribution < 1.29 is 4.74 Å². The molecule has 1 N–H and O–H groups in total. The zero-order valence-corrected chi connectivity index (χ0v) is 11.1. The Hall–Kier alpha value is -0.250. The summed E-state index contributed by atoms with van der Waals surface area (Å²) in [5.74, 6) is 0.738. The molecule has 0 aromatic heterocycles. The Balaban J connectivity index is 2.33. The fourth-order valence-electron chi connectivity index (χ4n) is 1.14. The molecule has 0 heterocycles. The zero-order chi connectivity index (χ0) is 11.1. The number of ether oxygens (including phenoxy) is 1. The second-order valence-electron chi connectivity index (χ2n) is 3.13. The second-order valence-corrected chi connectivity index (χ2v) is 4.45. The Morgan fingerprint density at radius 3 is 3.00 bits per heavy atom. The van der Waals surface area contributed by atoms with E-state index in [2.05, 4.69) is 28.2 Å². The SMILES string of the molecule is CCNCCCOc1cc(Br)ccc1Cl. The molecule has 0 aliphatic carbocycles. The molecule has 1 aromatic carbocycles. The third-order valence-corrected chi connectivity index (χ3v) is 2.70. The first-order valence-electron chi connectivity index (χ1n) is 5.02. The highest BCUT2D eigenvalue weighted by molar-refractivity contribution is 9.10. The summed E-state index contributed by atoms with van der Waals surface area (Å²) in [5.41, 5.74) is 0. The van der Waals surface area contributed by atoms with Crippen LogP contribution in [0.1, 0.15) is 13.3 Å². The minimum Gasteiger partial charge on any atom is -0.492 e. The molecule has 84 valence electrons. The summed E-state index contributed by atoms with van der Waals surface area (Å²) in [6.45, 7) is 4.75. The molecule has 0 saturated carbocycles. The van der Waals surface area contributed by atoms with Crippen LogP contribution >= 0.6 is 27.5 Å². The van der Waals surface area contributed by atoms with Crippen molar-refractivity contribution >= 4 is 27.5 Å². The highest BCUT2D eigenvalue weighted by atomic mass is 79.9. The van der Waals surface area contributed by atoms with Crippen LogP contribution in [0.3, 0.4) is 0 Å². The Labute approximate surface area is 104 Å². The lowest BCUT2D eigenvalue weighted by atomic mass is 10.3. The Kier molecular flexibility index (Phi) is 6.06. The van der Waals surface area contributed by atoms with Crippen LogP contribution in [-0.2, 0) is 0 Å². The van der Waals surface area contributed by atoms with E-state index in [1.54, 1.807) is 0 Å². The van der Waals surface area contributed by atoms with Gasteiger partial charge in [0.25, 0.3) is 0 Å². The molecule has 0 aliphatic heterocycles. The van der Waals surface area contributed by atoms with Crippen LogP contribution in [-0.4, -0.2) is 19.7 Å². The average molecular weight is 293 g/mol. The van der Waals surface area contributed by atoms with Gasteiger partial charge in [0.2, 0.25) is 0 Å². The second kappa shape index (κ2) is 7.09. The van der Waals surface area contributed by atoms with Crippen LogP contribution < -0.4 is 10.1 Å². The van der Waals surface area contributed by atoms with E-state index in [0.29, 0.717) is 11.6 Å². The van der Waals surface area contributed by atoms with Crippen molar-refractivity contribution in [3.8, 4) is 5.75 Å². The summed E-state index contributed by atoms with van der Waals surface area (Å²) in [4.78, 5) is 0. The van der Waals surface area contributed by atoms with Gasteiger partial charge in [0.05, 0.1) is 11.6 Å². The van der Waals surface area contributed by atoms with Crippen molar-refractivity contribution in [3.05, 3.63) is 27.7 Å². The van der Waals surface area contributed by atoms with Gasteiger partial charge in [-0.2, -0.15) is 0 Å². The Morgan fingerprint density at radius 2 is 2.27 bits per heavy atom. The molecule has 0 bridgehead atoms. The number of hydrogen-bond donors (Lipinski definition) is 1. The zero-order valence-electron chi connectivity index (χ0n) is 8.72. The molecule has 15 heavy (non-hydrogen) atoms. The van der Waals surface area contributed by atoms with Crippen molar-refractivity contribution in [3.63, 3.8) is 0 Å². The number of nitrogens with one attached hydrogen (secondary N) is 1. The fraction of sp³-hybridized carbons (Fsp3) is 0.455. The third-order valence-electron chi connectivity index (χ3n) is 1.90. The standard InChI is InChI=1S/C11H15BrClNO/c1-2-14-6-3-7-15-11-8-9(12)4-5-10(11)13/h4-5,8,14H,2-3,6-7H2,1H3. The van der Waals surface area contributed by atoms with Gasteiger partial charge in [-0.25, -0.2) is 0 Å². The van der Waals surface area contributed by atoms with E-state index in [9.17, 15) is 0 Å². The smallest absolute Gasteiger partial charge is 0.139 e. The molecule has 1 rings (SSSR count). The lowest BCUT2D eigenvalue weighted by Gasteiger charge is -2.08. The highest BCUT2D eigenvalue weighted by Crippen LogP contribution is 2.27. The Morgan fingerprint density at radius 1 is 1.47 bits per heavy atom. The normalized spacial score (nSPS) is 10.3. The first-order valence-corrected chi connectivity index (χ1v) is 6.19. The summed E-state index contributed by atoms with van der Waals surface area (Å²) < 4.78 is 6.54. The molecule has 4 heteroatoms. The predicted molar refractivity (Wildman–Crippen MR) is 67.8 cm³/mol. The van der Waals surface area contributed by atoms with Crippen LogP contribution in [0.25, 0.3) is 0 Å². The van der Waals surface area contributed by atoms with Gasteiger partial charge in [-0.05, 0) is 37.7 Å². The molecule has 0 spiro atoms. The van der Waals surface area contributed by atoms with E-state index in [4.69, 9.17) is 16.3 Å². The van der Waals surface area contributed by atoms with Gasteiger partial charge in [-0.3, -0.25) is 0 Å². The molecule has 0 aliphatic rings. The topological polar surface area (TPSA) is 21.3 Å². The van der Waals surface area contributed by atoms with Crippen LogP contribution in [0.2, 0.25) is 5.02 Å². The van der Waals surface area contributed by atoms with E-state index in [1.165, 1.54) is 0 Å². The summed E-state index contributed by atoms with van der Waals surface area (Å²) in [6, 6.07) is 5.61. The quantitative estimate of drug-likeness (QED) is 0.811. The van der Waals surface area contributed by atoms with Crippen LogP contribution in [0.5, 0.6) is 5.75 Å². The van der Waals surface area contributed by atoms with Crippen LogP contribution in [0.4, 0.5) is 0 Å². The highest BCUT2D eigenvalue weighted by Gasteiger charge is 2.01. The molecule has 0 atom stereocenters. The largest absolute Gasteiger partial charge is 0.492 e. The molecule has 0 saturated heterocycles. The van der Waals surface area contributed by atoms with Crippen molar-refractivity contribution in [2.75, 3.05) is 19.7 Å². The van der Waals surface area contributed by atoms with Gasteiger partial charge in [0.1, 0.15) is 5.75 Å². The minimum atomic E-state index is 0.654. The maximum absolute atomic E-state index is 5.97. The summed E-state index contributed by atoms with van der Waals surface area (Å²) in [6.07, 6.45) is 0.983. The molecule has 0 unspecified atom stereocenters. The van der Waals surface area contributed by atoms with Gasteiger partial charge in [-0.15, -0.1) is 0 Å². The number of hydrogen-bond acceptors (Lipinski definition) is 2. The molecule has 1 aromatic rings. The third kappa shape index (κ3) is 4.87. The Bertz CT molecular complexity index is 307. The lowest BCUT2D eigenvalue weighted by Crippen LogP contribution is -2.16. The van der Waals surface area contributed by atoms with E-state index in [1.807, 2.05) is 18.2 Å². The van der Waals surface area contributed by atoms with Gasteiger partial charge >= 0.3 is 0 Å². The average Bonchev–Trinajstić information content (AvgIpc) is 2.23. The molecular weight excluding hydrogens is 277 g/mol. The first-order chi connectivity index (χ1) is 7.24. The maximum Gasteiger partial charge on any atom is 0.139 e. The van der Waals surface area contributed by atoms with Gasteiger partial charge < -0.3 is 10.1 Å². The van der Waals surface area contributed by atoms with E-state index in [0.717, 1.165) is 29.7 Å². The van der Waals surface area contributed by atoms with Gasteiger partial charge in [0, 0.05) is 4.47 Å². The van der Waals surface area contributed by atoms with E-state index < -0.39 is 0 Å². The minimum absolute atomic E-state index is 0.654. The summed E-state index contributed by atoms with van der Waals surface area (Å²) in [5, 5.41) is 3.89. The maximum atomic E-state index is 5.97. The molecular formula is C11H15BrClNO. The molecule has 0 amide bonds. The summed E-state index contributed by atoms with van der Waals surface area (Å²) >= 11 is 9.35. The summed E-state index contributed by atoms with van der Waals surface area (Å²) in [7, 11) is 0. The molecule has 0 fully saturated rings. The fourth-order valence-corrected chi connectivity index (χ4v) is 1.66. The van der Waals surface area contributed by atoms with E-state index in [-0.39, 0.29) is 0 Å². The van der Waals surface area contributed by atoms with E-state index >= 15 is 0 Å². The van der Waals surface area contributed by atoms with Crippen molar-refractivity contribution in [1.29, 1.82) is 0 Å². The van der Waals surface area contributed by atoms with Crippen molar-refractivity contribution in [2.45, 2.75) is 13.3 Å². The number of benzene rings is 1.